The highest BCUT2D eigenvalue weighted by Crippen LogP contribution is 2.33. The quantitative estimate of drug-likeness (QED) is 0.767. The molecule has 1 aromatic rings. The van der Waals surface area contributed by atoms with E-state index < -0.39 is 17.4 Å². The molecule has 2 aliphatic rings. The maximum absolute atomic E-state index is 10.8. The van der Waals surface area contributed by atoms with Gasteiger partial charge in [0.05, 0.1) is 11.0 Å². The fourth-order valence-electron chi connectivity index (χ4n) is 3.15. The second-order valence-electron chi connectivity index (χ2n) is 7.14. The Morgan fingerprint density at radius 1 is 1.23 bits per heavy atom. The van der Waals surface area contributed by atoms with Crippen molar-refractivity contribution in [1.29, 1.82) is 0 Å². The van der Waals surface area contributed by atoms with E-state index in [9.17, 15) is 9.59 Å². The van der Waals surface area contributed by atoms with Crippen LogP contribution in [0.2, 0.25) is 0 Å². The Morgan fingerprint density at radius 2 is 1.88 bits per heavy atom. The highest BCUT2D eigenvalue weighted by atomic mass is 16.4. The van der Waals surface area contributed by atoms with E-state index in [0.717, 1.165) is 0 Å². The molecule has 0 amide bonds. The summed E-state index contributed by atoms with van der Waals surface area (Å²) in [6.07, 6.45) is 3.88. The maximum atomic E-state index is 10.8. The summed E-state index contributed by atoms with van der Waals surface area (Å²) >= 11 is 0. The van der Waals surface area contributed by atoms with Gasteiger partial charge in [-0.15, -0.1) is 0 Å². The van der Waals surface area contributed by atoms with Gasteiger partial charge in [-0.25, -0.2) is 4.79 Å². The molecule has 1 atom stereocenters. The molecule has 1 aliphatic heterocycles. The van der Waals surface area contributed by atoms with Crippen LogP contribution in [0.5, 0.6) is 0 Å². The standard InChI is InChI=1S/C11H15N.C9H11NO4/c1-9(2)12-8-7-10-5-3-4-6-11(10)12;1-9(8(13)14)3-2-6(10)5(4-9)7(11)12/h3-6,9H,7-8H2,1-2H3;2-3H,4,10H2,1H3,(H,11,12)(H,13,14). The van der Waals surface area contributed by atoms with Crippen LogP contribution < -0.4 is 10.6 Å². The smallest absolute Gasteiger partial charge is 0.333 e. The van der Waals surface area contributed by atoms with Crippen molar-refractivity contribution >= 4 is 17.6 Å². The van der Waals surface area contributed by atoms with Crippen LogP contribution in [0.4, 0.5) is 5.69 Å². The van der Waals surface area contributed by atoms with Crippen molar-refractivity contribution < 1.29 is 19.8 Å². The van der Waals surface area contributed by atoms with Crippen molar-refractivity contribution in [2.24, 2.45) is 11.1 Å². The van der Waals surface area contributed by atoms with Crippen LogP contribution in [0.3, 0.4) is 0 Å². The number of allylic oxidation sites excluding steroid dienone is 1. The first-order valence-corrected chi connectivity index (χ1v) is 8.65. The number of nitrogens with zero attached hydrogens (tertiary/aromatic N) is 1. The van der Waals surface area contributed by atoms with E-state index in [1.807, 2.05) is 0 Å². The molecule has 0 radical (unpaired) electrons. The van der Waals surface area contributed by atoms with Crippen LogP contribution in [0.25, 0.3) is 0 Å². The Kier molecular flexibility index (Phi) is 5.75. The van der Waals surface area contributed by atoms with E-state index in [-0.39, 0.29) is 17.7 Å². The fourth-order valence-corrected chi connectivity index (χ4v) is 3.15. The van der Waals surface area contributed by atoms with Gasteiger partial charge in [0.1, 0.15) is 0 Å². The summed E-state index contributed by atoms with van der Waals surface area (Å²) in [6.45, 7) is 7.16. The molecule has 0 fully saturated rings. The number of hydrogen-bond acceptors (Lipinski definition) is 4. The Labute approximate surface area is 153 Å². The molecular formula is C20H26N2O4. The molecule has 4 N–H and O–H groups in total. The molecule has 0 saturated carbocycles. The van der Waals surface area contributed by atoms with Gasteiger partial charge in [0.2, 0.25) is 0 Å². The lowest BCUT2D eigenvalue weighted by molar-refractivity contribution is -0.145. The van der Waals surface area contributed by atoms with Crippen LogP contribution in [0.1, 0.15) is 32.8 Å². The first-order chi connectivity index (χ1) is 12.2. The maximum Gasteiger partial charge on any atom is 0.333 e. The minimum Gasteiger partial charge on any atom is -0.481 e. The average Bonchev–Trinajstić information content (AvgIpc) is 3.02. The molecule has 26 heavy (non-hydrogen) atoms. The third kappa shape index (κ3) is 4.07. The molecule has 0 saturated heterocycles. The molecule has 6 heteroatoms. The van der Waals surface area contributed by atoms with Crippen molar-refractivity contribution in [3.05, 3.63) is 53.3 Å². The normalized spacial score (nSPS) is 21.3. The first-order valence-electron chi connectivity index (χ1n) is 8.65. The van der Waals surface area contributed by atoms with Gasteiger partial charge in [0.15, 0.2) is 0 Å². The third-order valence-electron chi connectivity index (χ3n) is 4.82. The van der Waals surface area contributed by atoms with Gasteiger partial charge in [0, 0.05) is 30.4 Å². The highest BCUT2D eigenvalue weighted by molar-refractivity contribution is 5.91. The predicted octanol–water partition coefficient (Wildman–Crippen LogP) is 2.79. The zero-order valence-electron chi connectivity index (χ0n) is 15.4. The highest BCUT2D eigenvalue weighted by Gasteiger charge is 2.36. The lowest BCUT2D eigenvalue weighted by Crippen LogP contribution is -2.30. The summed E-state index contributed by atoms with van der Waals surface area (Å²) in [6, 6.07) is 9.34. The van der Waals surface area contributed by atoms with Gasteiger partial charge >= 0.3 is 11.9 Å². The molecular weight excluding hydrogens is 332 g/mol. The molecule has 6 nitrogen and oxygen atoms in total. The van der Waals surface area contributed by atoms with Crippen molar-refractivity contribution in [1.82, 2.24) is 0 Å². The Morgan fingerprint density at radius 3 is 2.46 bits per heavy atom. The van der Waals surface area contributed by atoms with E-state index in [4.69, 9.17) is 15.9 Å². The van der Waals surface area contributed by atoms with Crippen LogP contribution >= 0.6 is 0 Å². The molecule has 3 rings (SSSR count). The van der Waals surface area contributed by atoms with Crippen molar-refractivity contribution in [3.63, 3.8) is 0 Å². The predicted molar refractivity (Wildman–Crippen MR) is 101 cm³/mol. The van der Waals surface area contributed by atoms with Gasteiger partial charge in [-0.1, -0.05) is 24.3 Å². The van der Waals surface area contributed by atoms with E-state index in [2.05, 4.69) is 43.0 Å². The lowest BCUT2D eigenvalue weighted by atomic mass is 9.79. The molecule has 0 bridgehead atoms. The zero-order valence-corrected chi connectivity index (χ0v) is 15.4. The zero-order chi connectivity index (χ0) is 19.5. The summed E-state index contributed by atoms with van der Waals surface area (Å²) in [7, 11) is 0. The van der Waals surface area contributed by atoms with Crippen molar-refractivity contribution in [2.45, 2.75) is 39.7 Å². The summed E-state index contributed by atoms with van der Waals surface area (Å²) in [5.41, 5.74) is 7.27. The third-order valence-corrected chi connectivity index (χ3v) is 4.82. The Hall–Kier alpha value is -2.76. The molecule has 140 valence electrons. The van der Waals surface area contributed by atoms with Crippen LogP contribution in [-0.2, 0) is 16.0 Å². The number of carbonyl (C=O) groups is 2. The number of nitrogens with two attached hydrogens (primary N) is 1. The largest absolute Gasteiger partial charge is 0.481 e. The number of carboxylic acid groups (broad SMARTS) is 2. The number of aliphatic carboxylic acids is 2. The van der Waals surface area contributed by atoms with Crippen molar-refractivity contribution in [3.8, 4) is 0 Å². The van der Waals surface area contributed by atoms with Crippen molar-refractivity contribution in [2.75, 3.05) is 11.4 Å². The number of rotatable bonds is 3. The number of carboxylic acids is 2. The van der Waals surface area contributed by atoms with E-state index in [0.29, 0.717) is 6.04 Å². The SMILES string of the molecule is CC(C)N1CCc2ccccc21.CC1(C(=O)O)C=CC(N)=C(C(=O)O)C1. The average molecular weight is 358 g/mol. The minimum absolute atomic E-state index is 0.0441. The second kappa shape index (κ2) is 7.64. The van der Waals surface area contributed by atoms with E-state index in [1.54, 1.807) is 0 Å². The Balaban J connectivity index is 0.000000189. The van der Waals surface area contributed by atoms with Gasteiger partial charge in [0.25, 0.3) is 0 Å². The molecule has 1 aromatic carbocycles. The van der Waals surface area contributed by atoms with Gasteiger partial charge < -0.3 is 20.8 Å². The monoisotopic (exact) mass is 358 g/mol. The van der Waals surface area contributed by atoms with Crippen LogP contribution in [0, 0.1) is 5.41 Å². The summed E-state index contributed by atoms with van der Waals surface area (Å²) in [4.78, 5) is 24.0. The lowest BCUT2D eigenvalue weighted by Gasteiger charge is -2.24. The molecule has 0 spiro atoms. The topological polar surface area (TPSA) is 104 Å². The van der Waals surface area contributed by atoms with E-state index >= 15 is 0 Å². The first kappa shape index (κ1) is 19.6. The summed E-state index contributed by atoms with van der Waals surface area (Å²) < 4.78 is 0. The summed E-state index contributed by atoms with van der Waals surface area (Å²) in [5, 5.41) is 17.6. The van der Waals surface area contributed by atoms with Gasteiger partial charge in [-0.05, 0) is 44.9 Å². The number of benzene rings is 1. The number of anilines is 1. The van der Waals surface area contributed by atoms with Crippen LogP contribution in [0.15, 0.2) is 47.7 Å². The number of hydrogen-bond donors (Lipinski definition) is 3. The van der Waals surface area contributed by atoms with Crippen LogP contribution in [-0.4, -0.2) is 34.7 Å². The number of fused-ring (bicyclic) bond motifs is 1. The molecule has 1 aliphatic carbocycles. The van der Waals surface area contributed by atoms with Gasteiger partial charge in [-0.2, -0.15) is 0 Å². The van der Waals surface area contributed by atoms with E-state index in [1.165, 1.54) is 43.3 Å². The molecule has 0 aromatic heterocycles. The fraction of sp³-hybridized carbons (Fsp3) is 0.400. The molecule has 1 unspecified atom stereocenters. The minimum atomic E-state index is -1.17. The molecule has 1 heterocycles. The Bertz CT molecular complexity index is 767. The number of para-hydroxylation sites is 1. The second-order valence-corrected chi connectivity index (χ2v) is 7.14. The van der Waals surface area contributed by atoms with Gasteiger partial charge in [-0.3, -0.25) is 4.79 Å². The summed E-state index contributed by atoms with van der Waals surface area (Å²) in [5.74, 6) is -2.22.